The van der Waals surface area contributed by atoms with Crippen molar-refractivity contribution in [2.75, 3.05) is 6.61 Å². The number of benzene rings is 1. The van der Waals surface area contributed by atoms with Crippen LogP contribution >= 0.6 is 0 Å². The Balaban J connectivity index is 2.00. The van der Waals surface area contributed by atoms with E-state index in [1.165, 1.54) is 29.5 Å². The molecule has 1 fully saturated rings. The second-order valence-electron chi connectivity index (χ2n) is 5.54. The van der Waals surface area contributed by atoms with Crippen LogP contribution in [0.3, 0.4) is 0 Å². The average molecular weight is 247 g/mol. The highest BCUT2D eigenvalue weighted by atomic mass is 16.5. The second-order valence-corrected chi connectivity index (χ2v) is 5.54. The van der Waals surface area contributed by atoms with Gasteiger partial charge in [0.05, 0.1) is 6.10 Å². The van der Waals surface area contributed by atoms with Crippen molar-refractivity contribution >= 4 is 0 Å². The fraction of sp³-hybridized carbons (Fsp3) is 0.625. The highest BCUT2D eigenvalue weighted by Gasteiger charge is 2.35. The van der Waals surface area contributed by atoms with Crippen molar-refractivity contribution in [3.8, 4) is 0 Å². The third-order valence-electron chi connectivity index (χ3n) is 3.91. The van der Waals surface area contributed by atoms with Crippen molar-refractivity contribution in [3.05, 3.63) is 34.9 Å². The summed E-state index contributed by atoms with van der Waals surface area (Å²) >= 11 is 0. The van der Waals surface area contributed by atoms with Gasteiger partial charge in [0.2, 0.25) is 0 Å². The van der Waals surface area contributed by atoms with Crippen LogP contribution in [0.25, 0.3) is 0 Å². The van der Waals surface area contributed by atoms with Gasteiger partial charge in [0.15, 0.2) is 0 Å². The van der Waals surface area contributed by atoms with E-state index in [1.807, 2.05) is 0 Å². The van der Waals surface area contributed by atoms with E-state index in [-0.39, 0.29) is 12.1 Å². The van der Waals surface area contributed by atoms with E-state index in [2.05, 4.69) is 39.0 Å². The van der Waals surface area contributed by atoms with Crippen LogP contribution in [0, 0.1) is 19.8 Å². The average Bonchev–Trinajstić information content (AvgIpc) is 3.15. The lowest BCUT2D eigenvalue weighted by Crippen LogP contribution is -2.40. The molecule has 1 aromatic carbocycles. The lowest BCUT2D eigenvalue weighted by Gasteiger charge is -2.24. The minimum Gasteiger partial charge on any atom is -0.377 e. The van der Waals surface area contributed by atoms with Gasteiger partial charge in [-0.2, -0.15) is 0 Å². The zero-order valence-electron chi connectivity index (χ0n) is 11.8. The van der Waals surface area contributed by atoms with Crippen LogP contribution in [0.4, 0.5) is 0 Å². The Hall–Kier alpha value is -0.860. The van der Waals surface area contributed by atoms with Gasteiger partial charge in [0.25, 0.3) is 0 Å². The molecule has 1 saturated carbocycles. The van der Waals surface area contributed by atoms with Crippen molar-refractivity contribution in [1.82, 2.24) is 0 Å². The summed E-state index contributed by atoms with van der Waals surface area (Å²) in [6.07, 6.45) is 3.73. The third kappa shape index (κ3) is 3.33. The van der Waals surface area contributed by atoms with Gasteiger partial charge in [-0.05, 0) is 62.6 Å². The fourth-order valence-electron chi connectivity index (χ4n) is 2.55. The molecule has 0 amide bonds. The van der Waals surface area contributed by atoms with Gasteiger partial charge < -0.3 is 10.5 Å². The lowest BCUT2D eigenvalue weighted by molar-refractivity contribution is 0.0288. The van der Waals surface area contributed by atoms with Crippen LogP contribution in [-0.4, -0.2) is 18.8 Å². The van der Waals surface area contributed by atoms with Crippen molar-refractivity contribution in [2.24, 2.45) is 11.7 Å². The molecule has 0 aromatic heterocycles. The Kier molecular flexibility index (Phi) is 4.41. The molecule has 1 aliphatic carbocycles. The summed E-state index contributed by atoms with van der Waals surface area (Å²) in [4.78, 5) is 0. The van der Waals surface area contributed by atoms with Gasteiger partial charge in [-0.25, -0.2) is 0 Å². The molecule has 2 heteroatoms. The molecule has 0 spiro atoms. The van der Waals surface area contributed by atoms with E-state index in [9.17, 15) is 0 Å². The van der Waals surface area contributed by atoms with Crippen molar-refractivity contribution in [2.45, 2.75) is 52.2 Å². The predicted octanol–water partition coefficient (Wildman–Crippen LogP) is 2.99. The summed E-state index contributed by atoms with van der Waals surface area (Å²) in [6, 6.07) is 6.76. The molecule has 2 unspecified atom stereocenters. The van der Waals surface area contributed by atoms with Crippen LogP contribution in [0.1, 0.15) is 36.5 Å². The maximum atomic E-state index is 6.34. The summed E-state index contributed by atoms with van der Waals surface area (Å²) in [5.74, 6) is 0.700. The largest absolute Gasteiger partial charge is 0.377 e. The number of ether oxygens (including phenoxy) is 1. The molecule has 2 N–H and O–H groups in total. The van der Waals surface area contributed by atoms with Gasteiger partial charge in [0, 0.05) is 12.6 Å². The van der Waals surface area contributed by atoms with Crippen LogP contribution in [0.15, 0.2) is 18.2 Å². The number of rotatable bonds is 6. The summed E-state index contributed by atoms with van der Waals surface area (Å²) < 4.78 is 5.83. The van der Waals surface area contributed by atoms with Gasteiger partial charge in [0.1, 0.15) is 0 Å². The number of aryl methyl sites for hydroxylation is 2. The van der Waals surface area contributed by atoms with Crippen molar-refractivity contribution in [3.63, 3.8) is 0 Å². The van der Waals surface area contributed by atoms with Gasteiger partial charge >= 0.3 is 0 Å². The van der Waals surface area contributed by atoms with E-state index in [0.717, 1.165) is 13.0 Å². The summed E-state index contributed by atoms with van der Waals surface area (Å²) in [6.45, 7) is 7.12. The highest BCUT2D eigenvalue weighted by molar-refractivity contribution is 5.30. The maximum Gasteiger partial charge on any atom is 0.0757 e. The molecule has 0 heterocycles. The van der Waals surface area contributed by atoms with Crippen LogP contribution in [0.2, 0.25) is 0 Å². The standard InChI is InChI=1S/C16H25NO/c1-4-18-16(14-7-8-14)15(17)10-13-6-5-11(2)12(3)9-13/h5-6,9,14-16H,4,7-8,10,17H2,1-3H3. The quantitative estimate of drug-likeness (QED) is 0.838. The van der Waals surface area contributed by atoms with E-state index in [0.29, 0.717) is 5.92 Å². The Labute approximate surface area is 111 Å². The molecule has 0 saturated heterocycles. The fourth-order valence-corrected chi connectivity index (χ4v) is 2.55. The molecule has 2 rings (SSSR count). The lowest BCUT2D eigenvalue weighted by atomic mass is 9.96. The zero-order valence-corrected chi connectivity index (χ0v) is 11.8. The molecule has 0 aliphatic heterocycles. The first-order valence-electron chi connectivity index (χ1n) is 7.05. The Bertz CT molecular complexity index is 398. The van der Waals surface area contributed by atoms with Crippen LogP contribution in [0.5, 0.6) is 0 Å². The molecule has 2 atom stereocenters. The SMILES string of the molecule is CCOC(C(N)Cc1ccc(C)c(C)c1)C1CC1. The number of hydrogen-bond donors (Lipinski definition) is 1. The molecular weight excluding hydrogens is 222 g/mol. The summed E-state index contributed by atoms with van der Waals surface area (Å²) in [5, 5.41) is 0. The van der Waals surface area contributed by atoms with Crippen molar-refractivity contribution in [1.29, 1.82) is 0 Å². The molecule has 2 nitrogen and oxygen atoms in total. The molecule has 1 aliphatic rings. The third-order valence-corrected chi connectivity index (χ3v) is 3.91. The molecule has 1 aromatic rings. The maximum absolute atomic E-state index is 6.34. The molecule has 0 bridgehead atoms. The first kappa shape index (κ1) is 13.6. The Morgan fingerprint density at radius 1 is 1.28 bits per heavy atom. The summed E-state index contributed by atoms with van der Waals surface area (Å²) in [5.41, 5.74) is 10.4. The minimum absolute atomic E-state index is 0.125. The first-order chi connectivity index (χ1) is 8.61. The normalized spacial score (nSPS) is 18.7. The monoisotopic (exact) mass is 247 g/mol. The second kappa shape index (κ2) is 5.85. The van der Waals surface area contributed by atoms with Crippen molar-refractivity contribution < 1.29 is 4.74 Å². The van der Waals surface area contributed by atoms with Crippen LogP contribution in [-0.2, 0) is 11.2 Å². The first-order valence-corrected chi connectivity index (χ1v) is 7.05. The zero-order chi connectivity index (χ0) is 13.1. The molecular formula is C16H25NO. The highest BCUT2D eigenvalue weighted by Crippen LogP contribution is 2.36. The van der Waals surface area contributed by atoms with E-state index in [4.69, 9.17) is 10.5 Å². The van der Waals surface area contributed by atoms with E-state index < -0.39 is 0 Å². The molecule has 18 heavy (non-hydrogen) atoms. The molecule has 0 radical (unpaired) electrons. The Morgan fingerprint density at radius 2 is 2.00 bits per heavy atom. The van der Waals surface area contributed by atoms with Gasteiger partial charge in [-0.1, -0.05) is 18.2 Å². The number of nitrogens with two attached hydrogens (primary N) is 1. The Morgan fingerprint density at radius 3 is 2.56 bits per heavy atom. The van der Waals surface area contributed by atoms with E-state index >= 15 is 0 Å². The minimum atomic E-state index is 0.125. The molecule has 100 valence electrons. The predicted molar refractivity (Wildman–Crippen MR) is 75.7 cm³/mol. The smallest absolute Gasteiger partial charge is 0.0757 e. The van der Waals surface area contributed by atoms with Gasteiger partial charge in [-0.3, -0.25) is 0 Å². The van der Waals surface area contributed by atoms with Gasteiger partial charge in [-0.15, -0.1) is 0 Å². The summed E-state index contributed by atoms with van der Waals surface area (Å²) in [7, 11) is 0. The number of hydrogen-bond acceptors (Lipinski definition) is 2. The van der Waals surface area contributed by atoms with E-state index in [1.54, 1.807) is 0 Å². The topological polar surface area (TPSA) is 35.2 Å². The van der Waals surface area contributed by atoms with Crippen LogP contribution < -0.4 is 5.73 Å².